The predicted molar refractivity (Wildman–Crippen MR) is 58.4 cm³/mol. The van der Waals surface area contributed by atoms with Gasteiger partial charge in [0.15, 0.2) is 0 Å². The Bertz CT molecular complexity index is 244. The lowest BCUT2D eigenvalue weighted by molar-refractivity contribution is 0.352. The van der Waals surface area contributed by atoms with E-state index in [0.717, 1.165) is 0 Å². The van der Waals surface area contributed by atoms with Crippen molar-refractivity contribution in [1.29, 1.82) is 0 Å². The molecule has 0 aromatic rings. The third kappa shape index (κ3) is 1.79. The largest absolute Gasteiger partial charge is 0.547 e. The van der Waals surface area contributed by atoms with Gasteiger partial charge in [0.05, 0.1) is 5.76 Å². The molecule has 1 fully saturated rings. The molecule has 3 unspecified atom stereocenters. The number of hydrogen-bond acceptors (Lipinski definition) is 1. The van der Waals surface area contributed by atoms with Crippen molar-refractivity contribution in [3.8, 4) is 0 Å². The molecule has 13 heavy (non-hydrogen) atoms. The summed E-state index contributed by atoms with van der Waals surface area (Å²) in [7, 11) is -1.42. The highest BCUT2D eigenvalue weighted by Gasteiger charge is 2.43. The molecule has 3 heteroatoms. The summed E-state index contributed by atoms with van der Waals surface area (Å²) in [5.41, 5.74) is 0. The predicted octanol–water partition coefficient (Wildman–Crippen LogP) is 3.37. The fraction of sp³-hybridized carbons (Fsp3) is 0.800. The second-order valence-corrected chi connectivity index (χ2v) is 10.0. The molecule has 0 spiro atoms. The van der Waals surface area contributed by atoms with Crippen molar-refractivity contribution in [3.63, 3.8) is 0 Å². The smallest absolute Gasteiger partial charge is 0.241 e. The zero-order valence-electron chi connectivity index (χ0n) is 8.51. The number of fused-ring (bicyclic) bond motifs is 2. The third-order valence-corrected chi connectivity index (χ3v) is 4.25. The van der Waals surface area contributed by atoms with Gasteiger partial charge in [0.1, 0.15) is 0 Å². The minimum Gasteiger partial charge on any atom is -0.547 e. The first-order valence-electron chi connectivity index (χ1n) is 5.02. The normalized spacial score (nSPS) is 37.8. The van der Waals surface area contributed by atoms with Crippen molar-refractivity contribution in [2.24, 2.45) is 11.8 Å². The highest BCUT2D eigenvalue weighted by molar-refractivity contribution is 6.70. The zero-order valence-corrected chi connectivity index (χ0v) is 10.3. The Kier molecular flexibility index (Phi) is 2.23. The van der Waals surface area contributed by atoms with Crippen molar-refractivity contribution in [3.05, 3.63) is 11.8 Å². The van der Waals surface area contributed by atoms with Crippen molar-refractivity contribution in [1.82, 2.24) is 0 Å². The minimum absolute atomic E-state index is 0.325. The van der Waals surface area contributed by atoms with Crippen molar-refractivity contribution in [2.45, 2.75) is 37.9 Å². The minimum atomic E-state index is -1.42. The Balaban J connectivity index is 2.07. The summed E-state index contributed by atoms with van der Waals surface area (Å²) in [6, 6.07) is 0. The summed E-state index contributed by atoms with van der Waals surface area (Å²) < 4.78 is 6.02. The first-order chi connectivity index (χ1) is 5.97. The average Bonchev–Trinajstić information content (AvgIpc) is 2.42. The molecule has 74 valence electrons. The van der Waals surface area contributed by atoms with Gasteiger partial charge < -0.3 is 4.43 Å². The number of rotatable bonds is 2. The molecular formula is C10H17ClOSi. The maximum absolute atomic E-state index is 6.28. The van der Waals surface area contributed by atoms with E-state index in [2.05, 4.69) is 25.7 Å². The van der Waals surface area contributed by atoms with E-state index in [0.29, 0.717) is 17.2 Å². The van der Waals surface area contributed by atoms with Crippen LogP contribution in [0.5, 0.6) is 0 Å². The maximum atomic E-state index is 6.28. The number of alkyl halides is 1. The van der Waals surface area contributed by atoms with Crippen LogP contribution in [0.1, 0.15) is 12.8 Å². The molecule has 0 amide bonds. The zero-order chi connectivity index (χ0) is 9.64. The van der Waals surface area contributed by atoms with Gasteiger partial charge in [-0.15, -0.1) is 11.6 Å². The van der Waals surface area contributed by atoms with E-state index in [-0.39, 0.29) is 0 Å². The molecule has 0 radical (unpaired) electrons. The van der Waals surface area contributed by atoms with E-state index >= 15 is 0 Å². The second-order valence-electron chi connectivity index (χ2n) is 5.08. The molecule has 1 nitrogen and oxygen atoms in total. The van der Waals surface area contributed by atoms with Gasteiger partial charge in [-0.1, -0.05) is 0 Å². The fourth-order valence-corrected chi connectivity index (χ4v) is 3.64. The Morgan fingerprint density at radius 3 is 2.46 bits per heavy atom. The number of hydrogen-bond donors (Lipinski definition) is 0. The molecule has 0 N–H and O–H groups in total. The van der Waals surface area contributed by atoms with Crippen molar-refractivity contribution >= 4 is 19.9 Å². The van der Waals surface area contributed by atoms with Gasteiger partial charge in [0.2, 0.25) is 8.32 Å². The Morgan fingerprint density at radius 2 is 2.08 bits per heavy atom. The van der Waals surface area contributed by atoms with Gasteiger partial charge in [-0.25, -0.2) is 0 Å². The van der Waals surface area contributed by atoms with Crippen LogP contribution < -0.4 is 0 Å². The fourth-order valence-electron chi connectivity index (χ4n) is 2.26. The number of halogens is 1. The lowest BCUT2D eigenvalue weighted by atomic mass is 10.1. The van der Waals surface area contributed by atoms with E-state index < -0.39 is 8.32 Å². The molecule has 0 heterocycles. The van der Waals surface area contributed by atoms with Gasteiger partial charge in [-0.05, 0) is 44.5 Å². The summed E-state index contributed by atoms with van der Waals surface area (Å²) >= 11 is 6.28. The lowest BCUT2D eigenvalue weighted by Crippen LogP contribution is -2.27. The summed E-state index contributed by atoms with van der Waals surface area (Å²) in [6.07, 6.45) is 4.76. The molecule has 0 aliphatic heterocycles. The third-order valence-electron chi connectivity index (χ3n) is 2.77. The topological polar surface area (TPSA) is 9.23 Å². The van der Waals surface area contributed by atoms with E-state index in [1.807, 2.05) is 0 Å². The first kappa shape index (κ1) is 9.60. The van der Waals surface area contributed by atoms with Gasteiger partial charge >= 0.3 is 0 Å². The van der Waals surface area contributed by atoms with Gasteiger partial charge in [0, 0.05) is 11.3 Å². The molecule has 3 atom stereocenters. The SMILES string of the molecule is C[Si](C)(C)OC1=CC2CCC1C2Cl. The second kappa shape index (κ2) is 3.02. The highest BCUT2D eigenvalue weighted by atomic mass is 35.5. The molecule has 2 rings (SSSR count). The standard InChI is InChI=1S/C10H17ClOSi/c1-13(2,3)12-9-6-7-4-5-8(9)10(7)11/h6-8,10H,4-5H2,1-3H3. The van der Waals surface area contributed by atoms with Crippen LogP contribution in [-0.4, -0.2) is 13.7 Å². The van der Waals surface area contributed by atoms with Crippen LogP contribution in [0.25, 0.3) is 0 Å². The van der Waals surface area contributed by atoms with Crippen molar-refractivity contribution < 1.29 is 4.43 Å². The van der Waals surface area contributed by atoms with Crippen molar-refractivity contribution in [2.75, 3.05) is 0 Å². The highest BCUT2D eigenvalue weighted by Crippen LogP contribution is 2.47. The van der Waals surface area contributed by atoms with Crippen LogP contribution in [0.3, 0.4) is 0 Å². The van der Waals surface area contributed by atoms with Crippen LogP contribution in [0, 0.1) is 11.8 Å². The summed E-state index contributed by atoms with van der Waals surface area (Å²) in [6.45, 7) is 6.68. The average molecular weight is 217 g/mol. The molecule has 0 saturated heterocycles. The van der Waals surface area contributed by atoms with Crippen LogP contribution in [-0.2, 0) is 4.43 Å². The van der Waals surface area contributed by atoms with Gasteiger partial charge in [-0.2, -0.15) is 0 Å². The van der Waals surface area contributed by atoms with Crippen LogP contribution in [0.15, 0.2) is 11.8 Å². The maximum Gasteiger partial charge on any atom is 0.241 e. The molecule has 1 saturated carbocycles. The molecule has 2 aliphatic carbocycles. The Labute approximate surface area is 86.2 Å². The van der Waals surface area contributed by atoms with Gasteiger partial charge in [-0.3, -0.25) is 0 Å². The Hall–Kier alpha value is 0.0469. The molecule has 2 bridgehead atoms. The molecule has 0 aromatic heterocycles. The molecule has 0 aromatic carbocycles. The lowest BCUT2D eigenvalue weighted by Gasteiger charge is -2.24. The van der Waals surface area contributed by atoms with Crippen LogP contribution >= 0.6 is 11.6 Å². The van der Waals surface area contributed by atoms with E-state index in [1.54, 1.807) is 0 Å². The summed E-state index contributed by atoms with van der Waals surface area (Å²) in [4.78, 5) is 0. The molecule has 2 aliphatic rings. The van der Waals surface area contributed by atoms with E-state index in [9.17, 15) is 0 Å². The quantitative estimate of drug-likeness (QED) is 0.508. The molecular weight excluding hydrogens is 200 g/mol. The Morgan fingerprint density at radius 1 is 1.38 bits per heavy atom. The number of allylic oxidation sites excluding steroid dienone is 2. The van der Waals surface area contributed by atoms with Crippen LogP contribution in [0.2, 0.25) is 19.6 Å². The summed E-state index contributed by atoms with van der Waals surface area (Å²) in [5, 5.41) is 0.325. The van der Waals surface area contributed by atoms with E-state index in [1.165, 1.54) is 18.6 Å². The van der Waals surface area contributed by atoms with Gasteiger partial charge in [0.25, 0.3) is 0 Å². The first-order valence-corrected chi connectivity index (χ1v) is 8.86. The monoisotopic (exact) mass is 216 g/mol. The van der Waals surface area contributed by atoms with Crippen LogP contribution in [0.4, 0.5) is 0 Å². The van der Waals surface area contributed by atoms with E-state index in [4.69, 9.17) is 16.0 Å². The summed E-state index contributed by atoms with van der Waals surface area (Å²) in [5.74, 6) is 2.33.